The van der Waals surface area contributed by atoms with Crippen molar-refractivity contribution in [1.29, 1.82) is 0 Å². The Morgan fingerprint density at radius 2 is 1.87 bits per heavy atom. The summed E-state index contributed by atoms with van der Waals surface area (Å²) in [6.45, 7) is 6.32. The summed E-state index contributed by atoms with van der Waals surface area (Å²) in [4.78, 5) is 0. The van der Waals surface area contributed by atoms with Gasteiger partial charge in [0.25, 0.3) is 0 Å². The third-order valence-electron chi connectivity index (χ3n) is 6.57. The molecule has 0 radical (unpaired) electrons. The molecule has 0 unspecified atom stereocenters. The molecular weight excluding hydrogens is 374 g/mol. The zero-order valence-corrected chi connectivity index (χ0v) is 17.5. The number of phenols is 1. The van der Waals surface area contributed by atoms with Gasteiger partial charge in [0.15, 0.2) is 5.82 Å². The fraction of sp³-hybridized carbons (Fsp3) is 0.360. The summed E-state index contributed by atoms with van der Waals surface area (Å²) in [6.07, 6.45) is 4.26. The molecule has 0 atom stereocenters. The van der Waals surface area contributed by atoms with Crippen LogP contribution in [-0.2, 0) is 4.74 Å². The van der Waals surface area contributed by atoms with Crippen LogP contribution < -0.4 is 5.32 Å². The van der Waals surface area contributed by atoms with E-state index in [1.54, 1.807) is 13.2 Å². The van der Waals surface area contributed by atoms with Gasteiger partial charge in [-0.3, -0.25) is 0 Å². The molecule has 1 heterocycles. The van der Waals surface area contributed by atoms with Crippen LogP contribution in [0.15, 0.2) is 49.0 Å². The molecular formula is C25H27N3O2. The first kappa shape index (κ1) is 19.1. The van der Waals surface area contributed by atoms with Crippen LogP contribution in [0.3, 0.4) is 0 Å². The number of methoxy groups -OCH3 is 1. The van der Waals surface area contributed by atoms with E-state index < -0.39 is 0 Å². The molecule has 2 fully saturated rings. The van der Waals surface area contributed by atoms with Crippen molar-refractivity contribution in [3.63, 3.8) is 0 Å². The van der Waals surface area contributed by atoms with Gasteiger partial charge in [-0.15, -0.1) is 10.2 Å². The molecule has 154 valence electrons. The van der Waals surface area contributed by atoms with E-state index >= 15 is 0 Å². The van der Waals surface area contributed by atoms with Gasteiger partial charge >= 0.3 is 0 Å². The normalized spacial score (nSPS) is 23.2. The van der Waals surface area contributed by atoms with Crippen LogP contribution in [0.1, 0.15) is 38.2 Å². The molecule has 2 aliphatic rings. The number of aromatic nitrogens is 2. The molecule has 5 heteroatoms. The van der Waals surface area contributed by atoms with Crippen molar-refractivity contribution < 1.29 is 9.84 Å². The number of anilines is 1. The van der Waals surface area contributed by atoms with Crippen LogP contribution >= 0.6 is 0 Å². The molecule has 0 aliphatic heterocycles. The molecule has 0 amide bonds. The van der Waals surface area contributed by atoms with Crippen LogP contribution in [0.4, 0.5) is 5.82 Å². The Morgan fingerprint density at radius 3 is 2.53 bits per heavy atom. The first-order valence-corrected chi connectivity index (χ1v) is 10.6. The highest BCUT2D eigenvalue weighted by molar-refractivity contribution is 6.01. The molecule has 30 heavy (non-hydrogen) atoms. The van der Waals surface area contributed by atoms with E-state index in [9.17, 15) is 5.11 Å². The lowest BCUT2D eigenvalue weighted by molar-refractivity contribution is -0.0625. The van der Waals surface area contributed by atoms with Crippen LogP contribution in [0, 0.1) is 5.92 Å². The summed E-state index contributed by atoms with van der Waals surface area (Å²) >= 11 is 0. The molecule has 0 bridgehead atoms. The van der Waals surface area contributed by atoms with Crippen molar-refractivity contribution in [2.45, 2.75) is 44.2 Å². The standard InChI is InChI=1S/C25H27N3O2/c1-15(16-8-9-16)17-10-11-21(22(29)12-17)23-19-6-4-5-7-20(19)24(28-27-23)26-18-13-25(2,14-18)30-3/h4-7,10-12,16,18,29H,1,8-9,13-14H2,2-3H3,(H,26,28). The van der Waals surface area contributed by atoms with Gasteiger partial charge in [-0.25, -0.2) is 0 Å². The summed E-state index contributed by atoms with van der Waals surface area (Å²) in [7, 11) is 1.76. The van der Waals surface area contributed by atoms with Gasteiger partial charge < -0.3 is 15.2 Å². The second-order valence-corrected chi connectivity index (χ2v) is 8.88. The summed E-state index contributed by atoms with van der Waals surface area (Å²) in [5, 5.41) is 25.2. The Morgan fingerprint density at radius 1 is 1.13 bits per heavy atom. The molecule has 1 aromatic heterocycles. The van der Waals surface area contributed by atoms with E-state index in [1.165, 1.54) is 12.8 Å². The highest BCUT2D eigenvalue weighted by atomic mass is 16.5. The lowest BCUT2D eigenvalue weighted by Gasteiger charge is -2.44. The van der Waals surface area contributed by atoms with Crippen molar-refractivity contribution >= 4 is 22.2 Å². The number of aromatic hydroxyl groups is 1. The topological polar surface area (TPSA) is 67.3 Å². The summed E-state index contributed by atoms with van der Waals surface area (Å²) in [5.41, 5.74) is 3.43. The van der Waals surface area contributed by atoms with Crippen molar-refractivity contribution in [1.82, 2.24) is 10.2 Å². The Balaban J connectivity index is 1.48. The monoisotopic (exact) mass is 401 g/mol. The SMILES string of the molecule is C=C(c1ccc(-c2nnc(NC3CC(C)(OC)C3)c3ccccc23)c(O)c1)C1CC1. The van der Waals surface area contributed by atoms with Gasteiger partial charge in [-0.05, 0) is 61.8 Å². The zero-order valence-electron chi connectivity index (χ0n) is 17.5. The predicted molar refractivity (Wildman–Crippen MR) is 120 cm³/mol. The lowest BCUT2D eigenvalue weighted by Crippen LogP contribution is -2.49. The van der Waals surface area contributed by atoms with Gasteiger partial charge in [0, 0.05) is 29.5 Å². The number of ether oxygens (including phenoxy) is 1. The maximum atomic E-state index is 10.8. The van der Waals surface area contributed by atoms with Gasteiger partial charge in [0.1, 0.15) is 11.4 Å². The molecule has 5 rings (SSSR count). The highest BCUT2D eigenvalue weighted by Crippen LogP contribution is 2.43. The van der Waals surface area contributed by atoms with Crippen LogP contribution in [0.25, 0.3) is 27.6 Å². The van der Waals surface area contributed by atoms with Crippen molar-refractivity contribution in [3.05, 3.63) is 54.6 Å². The summed E-state index contributed by atoms with van der Waals surface area (Å²) in [6, 6.07) is 14.1. The zero-order chi connectivity index (χ0) is 20.9. The minimum absolute atomic E-state index is 0.0567. The molecule has 2 saturated carbocycles. The molecule has 0 spiro atoms. The van der Waals surface area contributed by atoms with Crippen molar-refractivity contribution in [3.8, 4) is 17.0 Å². The van der Waals surface area contributed by atoms with Crippen LogP contribution in [-0.4, -0.2) is 34.1 Å². The maximum absolute atomic E-state index is 10.8. The minimum Gasteiger partial charge on any atom is -0.507 e. The van der Waals surface area contributed by atoms with Crippen LogP contribution in [0.5, 0.6) is 5.75 Å². The molecule has 2 N–H and O–H groups in total. The second-order valence-electron chi connectivity index (χ2n) is 8.88. The fourth-order valence-electron chi connectivity index (χ4n) is 4.45. The number of nitrogens with zero attached hydrogens (tertiary/aromatic N) is 2. The van der Waals surface area contributed by atoms with Gasteiger partial charge in [0.05, 0.1) is 5.60 Å². The smallest absolute Gasteiger partial charge is 0.156 e. The van der Waals surface area contributed by atoms with Gasteiger partial charge in [-0.2, -0.15) is 0 Å². The quantitative estimate of drug-likeness (QED) is 0.578. The first-order valence-electron chi connectivity index (χ1n) is 10.6. The number of rotatable bonds is 6. The van der Waals surface area contributed by atoms with E-state index in [0.717, 1.165) is 40.6 Å². The van der Waals surface area contributed by atoms with E-state index in [1.807, 2.05) is 36.4 Å². The first-order chi connectivity index (χ1) is 14.5. The largest absolute Gasteiger partial charge is 0.507 e. The summed E-state index contributed by atoms with van der Waals surface area (Å²) in [5.74, 6) is 1.55. The Kier molecular flexibility index (Phi) is 4.51. The van der Waals surface area contributed by atoms with Gasteiger partial charge in [0.2, 0.25) is 0 Å². The van der Waals surface area contributed by atoms with Crippen molar-refractivity contribution in [2.24, 2.45) is 5.92 Å². The number of hydrogen-bond donors (Lipinski definition) is 2. The molecule has 0 saturated heterocycles. The number of allylic oxidation sites excluding steroid dienone is 1. The van der Waals surface area contributed by atoms with E-state index in [0.29, 0.717) is 23.2 Å². The van der Waals surface area contributed by atoms with E-state index in [4.69, 9.17) is 4.74 Å². The van der Waals surface area contributed by atoms with Crippen LogP contribution in [0.2, 0.25) is 0 Å². The average Bonchev–Trinajstić information content (AvgIpc) is 3.58. The molecule has 2 aliphatic carbocycles. The second kappa shape index (κ2) is 7.10. The van der Waals surface area contributed by atoms with E-state index in [2.05, 4.69) is 29.0 Å². The molecule has 3 aromatic rings. The lowest BCUT2D eigenvalue weighted by atomic mass is 9.77. The Hall–Kier alpha value is -2.92. The predicted octanol–water partition coefficient (Wildman–Crippen LogP) is 5.41. The summed E-state index contributed by atoms with van der Waals surface area (Å²) < 4.78 is 5.55. The maximum Gasteiger partial charge on any atom is 0.156 e. The number of phenolic OH excluding ortho intramolecular Hbond substituents is 1. The molecule has 5 nitrogen and oxygen atoms in total. The number of hydrogen-bond acceptors (Lipinski definition) is 5. The number of fused-ring (bicyclic) bond motifs is 1. The Labute approximate surface area is 176 Å². The fourth-order valence-corrected chi connectivity index (χ4v) is 4.45. The van der Waals surface area contributed by atoms with Crippen molar-refractivity contribution in [2.75, 3.05) is 12.4 Å². The third-order valence-corrected chi connectivity index (χ3v) is 6.57. The van der Waals surface area contributed by atoms with Gasteiger partial charge in [-0.1, -0.05) is 36.9 Å². The average molecular weight is 402 g/mol. The minimum atomic E-state index is -0.0567. The van der Waals surface area contributed by atoms with E-state index in [-0.39, 0.29) is 11.4 Å². The third kappa shape index (κ3) is 3.33. The number of benzene rings is 2. The molecule has 2 aromatic carbocycles. The Bertz CT molecular complexity index is 1130. The number of nitrogens with one attached hydrogen (secondary N) is 1. The highest BCUT2D eigenvalue weighted by Gasteiger charge is 2.40.